The Kier molecular flexibility index (Phi) is 5.96. The van der Waals surface area contributed by atoms with Crippen molar-refractivity contribution in [2.75, 3.05) is 7.11 Å². The molecule has 0 fully saturated rings. The highest BCUT2D eigenvalue weighted by molar-refractivity contribution is 5.97. The van der Waals surface area contributed by atoms with E-state index in [0.717, 1.165) is 17.1 Å². The topological polar surface area (TPSA) is 73.2 Å². The van der Waals surface area contributed by atoms with E-state index < -0.39 is 12.0 Å². The first-order chi connectivity index (χ1) is 11.8. The van der Waals surface area contributed by atoms with E-state index in [1.54, 1.807) is 22.9 Å². The number of carbonyl (C=O) groups excluding carboxylic acids is 2. The van der Waals surface area contributed by atoms with Gasteiger partial charge in [-0.05, 0) is 50.5 Å². The summed E-state index contributed by atoms with van der Waals surface area (Å²) in [5, 5.41) is 7.20. The zero-order valence-electron chi connectivity index (χ0n) is 15.4. The summed E-state index contributed by atoms with van der Waals surface area (Å²) in [6.45, 7) is 7.87. The molecule has 0 unspecified atom stereocenters. The number of carbonyl (C=O) groups is 2. The van der Waals surface area contributed by atoms with Gasteiger partial charge >= 0.3 is 5.97 Å². The Morgan fingerprint density at radius 1 is 1.24 bits per heavy atom. The average molecular weight is 343 g/mol. The third-order valence-electron chi connectivity index (χ3n) is 3.86. The van der Waals surface area contributed by atoms with Crippen molar-refractivity contribution in [2.24, 2.45) is 5.92 Å². The van der Waals surface area contributed by atoms with Crippen LogP contribution in [0.4, 0.5) is 0 Å². The number of rotatable bonds is 6. The van der Waals surface area contributed by atoms with Gasteiger partial charge in [0.05, 0.1) is 18.5 Å². The molecule has 0 saturated heterocycles. The number of hydrogen-bond acceptors (Lipinski definition) is 4. The molecule has 1 N–H and O–H groups in total. The molecule has 6 nitrogen and oxygen atoms in total. The molecule has 2 aromatic rings. The number of benzene rings is 1. The Morgan fingerprint density at radius 3 is 2.52 bits per heavy atom. The van der Waals surface area contributed by atoms with Gasteiger partial charge < -0.3 is 10.1 Å². The van der Waals surface area contributed by atoms with Gasteiger partial charge in [-0.25, -0.2) is 9.48 Å². The van der Waals surface area contributed by atoms with Crippen LogP contribution in [0.1, 0.15) is 42.0 Å². The number of esters is 1. The van der Waals surface area contributed by atoms with Crippen LogP contribution in [0.5, 0.6) is 0 Å². The minimum absolute atomic E-state index is 0.255. The summed E-state index contributed by atoms with van der Waals surface area (Å²) >= 11 is 0. The third-order valence-corrected chi connectivity index (χ3v) is 3.86. The molecule has 1 amide bonds. The summed E-state index contributed by atoms with van der Waals surface area (Å²) in [5.74, 6) is -0.485. The summed E-state index contributed by atoms with van der Waals surface area (Å²) in [5.41, 5.74) is 3.18. The molecule has 0 radical (unpaired) electrons. The molecule has 0 aliphatic rings. The van der Waals surface area contributed by atoms with Gasteiger partial charge in [-0.3, -0.25) is 4.79 Å². The third kappa shape index (κ3) is 4.68. The van der Waals surface area contributed by atoms with E-state index in [4.69, 9.17) is 4.74 Å². The Balaban J connectivity index is 2.23. The summed E-state index contributed by atoms with van der Waals surface area (Å²) in [7, 11) is 1.32. The molecule has 0 saturated carbocycles. The fraction of sp³-hybridized carbons (Fsp3) is 0.421. The van der Waals surface area contributed by atoms with Crippen LogP contribution in [-0.2, 0) is 9.53 Å². The number of aromatic nitrogens is 2. The van der Waals surface area contributed by atoms with Gasteiger partial charge in [0.25, 0.3) is 5.91 Å². The van der Waals surface area contributed by atoms with Crippen molar-refractivity contribution in [1.29, 1.82) is 0 Å². The highest BCUT2D eigenvalue weighted by Crippen LogP contribution is 2.15. The second-order valence-electron chi connectivity index (χ2n) is 6.57. The van der Waals surface area contributed by atoms with Crippen LogP contribution in [0.15, 0.2) is 30.3 Å². The number of amides is 1. The molecule has 1 heterocycles. The average Bonchev–Trinajstić information content (AvgIpc) is 2.91. The fourth-order valence-electron chi connectivity index (χ4n) is 2.74. The molecule has 25 heavy (non-hydrogen) atoms. The van der Waals surface area contributed by atoms with E-state index in [0.29, 0.717) is 12.0 Å². The number of aryl methyl sites for hydroxylation is 2. The van der Waals surface area contributed by atoms with Crippen molar-refractivity contribution in [1.82, 2.24) is 15.1 Å². The van der Waals surface area contributed by atoms with Gasteiger partial charge in [0.2, 0.25) is 0 Å². The van der Waals surface area contributed by atoms with Crippen molar-refractivity contribution in [3.8, 4) is 5.69 Å². The minimum Gasteiger partial charge on any atom is -0.467 e. The fourth-order valence-corrected chi connectivity index (χ4v) is 2.74. The van der Waals surface area contributed by atoms with Crippen molar-refractivity contribution < 1.29 is 14.3 Å². The second-order valence-corrected chi connectivity index (χ2v) is 6.57. The standard InChI is InChI=1S/C19H25N3O3/c1-12(2)9-17(19(24)25-5)20-18(23)15-7-6-8-16(11-15)22-14(4)10-13(3)21-22/h6-8,10-12,17H,9H2,1-5H3,(H,20,23)/t17-/m0/s1. The van der Waals surface area contributed by atoms with Crippen molar-refractivity contribution >= 4 is 11.9 Å². The van der Waals surface area contributed by atoms with E-state index >= 15 is 0 Å². The SMILES string of the molecule is COC(=O)[C@H](CC(C)C)NC(=O)c1cccc(-n2nc(C)cc2C)c1. The molecule has 1 aromatic heterocycles. The lowest BCUT2D eigenvalue weighted by Gasteiger charge is -2.18. The normalized spacial score (nSPS) is 12.1. The van der Waals surface area contributed by atoms with Crippen LogP contribution < -0.4 is 5.32 Å². The second kappa shape index (κ2) is 7.96. The molecule has 6 heteroatoms. The van der Waals surface area contributed by atoms with Gasteiger partial charge in [0.15, 0.2) is 0 Å². The number of ether oxygens (including phenoxy) is 1. The number of methoxy groups -OCH3 is 1. The molecule has 0 spiro atoms. The summed E-state index contributed by atoms with van der Waals surface area (Å²) in [6, 6.07) is 8.49. The van der Waals surface area contributed by atoms with Gasteiger partial charge in [-0.1, -0.05) is 19.9 Å². The zero-order chi connectivity index (χ0) is 18.6. The number of nitrogens with one attached hydrogen (secondary N) is 1. The zero-order valence-corrected chi connectivity index (χ0v) is 15.4. The van der Waals surface area contributed by atoms with Crippen molar-refractivity contribution in [3.05, 3.63) is 47.3 Å². The molecule has 2 rings (SSSR count). The lowest BCUT2D eigenvalue weighted by Crippen LogP contribution is -2.42. The van der Waals surface area contributed by atoms with E-state index in [1.165, 1.54) is 7.11 Å². The first-order valence-corrected chi connectivity index (χ1v) is 8.34. The van der Waals surface area contributed by atoms with Crippen LogP contribution >= 0.6 is 0 Å². The molecule has 0 aliphatic heterocycles. The maximum absolute atomic E-state index is 12.6. The van der Waals surface area contributed by atoms with E-state index in [9.17, 15) is 9.59 Å². The number of nitrogens with zero attached hydrogens (tertiary/aromatic N) is 2. The smallest absolute Gasteiger partial charge is 0.328 e. The van der Waals surface area contributed by atoms with Gasteiger partial charge in [0.1, 0.15) is 6.04 Å². The first kappa shape index (κ1) is 18.7. The molecule has 0 bridgehead atoms. The number of hydrogen-bond donors (Lipinski definition) is 1. The first-order valence-electron chi connectivity index (χ1n) is 8.34. The molecule has 1 aromatic carbocycles. The van der Waals surface area contributed by atoms with Crippen molar-refractivity contribution in [2.45, 2.75) is 40.2 Å². The molecule has 134 valence electrons. The van der Waals surface area contributed by atoms with Crippen LogP contribution in [-0.4, -0.2) is 34.8 Å². The monoisotopic (exact) mass is 343 g/mol. The van der Waals surface area contributed by atoms with E-state index in [-0.39, 0.29) is 11.8 Å². The summed E-state index contributed by atoms with van der Waals surface area (Å²) in [6.07, 6.45) is 0.523. The quantitative estimate of drug-likeness (QED) is 0.819. The van der Waals surface area contributed by atoms with Gasteiger partial charge in [-0.2, -0.15) is 5.10 Å². The lowest BCUT2D eigenvalue weighted by molar-refractivity contribution is -0.143. The Labute approximate surface area is 148 Å². The molecular weight excluding hydrogens is 318 g/mol. The lowest BCUT2D eigenvalue weighted by atomic mass is 10.0. The van der Waals surface area contributed by atoms with E-state index in [1.807, 2.05) is 39.8 Å². The van der Waals surface area contributed by atoms with Gasteiger partial charge in [0, 0.05) is 11.3 Å². The van der Waals surface area contributed by atoms with Crippen LogP contribution in [0, 0.1) is 19.8 Å². The molecule has 0 aliphatic carbocycles. The Morgan fingerprint density at radius 2 is 1.96 bits per heavy atom. The minimum atomic E-state index is -0.658. The highest BCUT2D eigenvalue weighted by Gasteiger charge is 2.23. The van der Waals surface area contributed by atoms with Crippen molar-refractivity contribution in [3.63, 3.8) is 0 Å². The Bertz CT molecular complexity index is 765. The summed E-state index contributed by atoms with van der Waals surface area (Å²) < 4.78 is 6.58. The van der Waals surface area contributed by atoms with Crippen LogP contribution in [0.2, 0.25) is 0 Å². The van der Waals surface area contributed by atoms with Gasteiger partial charge in [-0.15, -0.1) is 0 Å². The summed E-state index contributed by atoms with van der Waals surface area (Å²) in [4.78, 5) is 24.5. The highest BCUT2D eigenvalue weighted by atomic mass is 16.5. The maximum atomic E-state index is 12.6. The molecular formula is C19H25N3O3. The maximum Gasteiger partial charge on any atom is 0.328 e. The Hall–Kier alpha value is -2.63. The van der Waals surface area contributed by atoms with Crippen LogP contribution in [0.25, 0.3) is 5.69 Å². The molecule has 1 atom stereocenters. The predicted octanol–water partition coefficient (Wildman–Crippen LogP) is 2.81. The van der Waals surface area contributed by atoms with E-state index in [2.05, 4.69) is 10.4 Å². The van der Waals surface area contributed by atoms with Crippen LogP contribution in [0.3, 0.4) is 0 Å². The predicted molar refractivity (Wildman–Crippen MR) is 95.8 cm³/mol. The largest absolute Gasteiger partial charge is 0.467 e.